The molecule has 0 fully saturated rings. The van der Waals surface area contributed by atoms with E-state index in [-0.39, 0.29) is 6.04 Å². The summed E-state index contributed by atoms with van der Waals surface area (Å²) in [6, 6.07) is 6.56. The van der Waals surface area contributed by atoms with Crippen molar-refractivity contribution in [2.75, 3.05) is 6.26 Å². The van der Waals surface area contributed by atoms with Crippen molar-refractivity contribution in [2.24, 2.45) is 5.73 Å². The lowest BCUT2D eigenvalue weighted by molar-refractivity contribution is 0.741. The summed E-state index contributed by atoms with van der Waals surface area (Å²) in [6.07, 6.45) is 5.11. The first-order valence-corrected chi connectivity index (χ1v) is 6.33. The van der Waals surface area contributed by atoms with Gasteiger partial charge < -0.3 is 10.7 Å². The monoisotopic (exact) mass is 220 g/mol. The minimum atomic E-state index is 0.207. The SMILES string of the molecule is CSc1cccc2[nH]cc(CC(C)N)c12. The third-order valence-electron chi connectivity index (χ3n) is 2.51. The van der Waals surface area contributed by atoms with Gasteiger partial charge in [-0.2, -0.15) is 0 Å². The summed E-state index contributed by atoms with van der Waals surface area (Å²) in [5.41, 5.74) is 8.38. The Hall–Kier alpha value is -0.930. The molecule has 2 aromatic rings. The van der Waals surface area contributed by atoms with Gasteiger partial charge in [-0.1, -0.05) is 6.07 Å². The van der Waals surface area contributed by atoms with Crippen LogP contribution in [0.3, 0.4) is 0 Å². The molecule has 0 aliphatic rings. The van der Waals surface area contributed by atoms with Gasteiger partial charge in [0.15, 0.2) is 0 Å². The fourth-order valence-electron chi connectivity index (χ4n) is 1.90. The second-order valence-electron chi connectivity index (χ2n) is 3.88. The fourth-order valence-corrected chi connectivity index (χ4v) is 2.56. The zero-order valence-corrected chi connectivity index (χ0v) is 9.90. The Morgan fingerprint density at radius 2 is 2.27 bits per heavy atom. The molecule has 0 spiro atoms. The number of hydrogen-bond acceptors (Lipinski definition) is 2. The van der Waals surface area contributed by atoms with E-state index in [0.717, 1.165) is 6.42 Å². The number of H-pyrrole nitrogens is 1. The van der Waals surface area contributed by atoms with Crippen LogP contribution < -0.4 is 5.73 Å². The predicted molar refractivity (Wildman–Crippen MR) is 67.4 cm³/mol. The van der Waals surface area contributed by atoms with E-state index in [0.29, 0.717) is 0 Å². The van der Waals surface area contributed by atoms with Crippen LogP contribution in [0.4, 0.5) is 0 Å². The van der Waals surface area contributed by atoms with Crippen molar-refractivity contribution >= 4 is 22.7 Å². The molecule has 1 aromatic carbocycles. The minimum Gasteiger partial charge on any atom is -0.361 e. The van der Waals surface area contributed by atoms with E-state index >= 15 is 0 Å². The van der Waals surface area contributed by atoms with Crippen LogP contribution in [0.5, 0.6) is 0 Å². The molecule has 1 atom stereocenters. The number of benzene rings is 1. The Morgan fingerprint density at radius 3 is 2.93 bits per heavy atom. The van der Waals surface area contributed by atoms with E-state index in [1.807, 2.05) is 6.92 Å². The first-order valence-electron chi connectivity index (χ1n) is 5.11. The summed E-state index contributed by atoms with van der Waals surface area (Å²) < 4.78 is 0. The quantitative estimate of drug-likeness (QED) is 0.781. The number of fused-ring (bicyclic) bond motifs is 1. The number of thioether (sulfide) groups is 1. The molecule has 0 aliphatic heterocycles. The van der Waals surface area contributed by atoms with Crippen LogP contribution in [-0.4, -0.2) is 17.3 Å². The van der Waals surface area contributed by atoms with Gasteiger partial charge >= 0.3 is 0 Å². The lowest BCUT2D eigenvalue weighted by Crippen LogP contribution is -2.17. The van der Waals surface area contributed by atoms with Crippen molar-refractivity contribution in [2.45, 2.75) is 24.3 Å². The highest BCUT2D eigenvalue weighted by molar-refractivity contribution is 7.98. The number of aromatic nitrogens is 1. The maximum Gasteiger partial charge on any atom is 0.0468 e. The molecule has 15 heavy (non-hydrogen) atoms. The molecule has 1 heterocycles. The van der Waals surface area contributed by atoms with Crippen molar-refractivity contribution in [3.05, 3.63) is 30.0 Å². The average Bonchev–Trinajstić information content (AvgIpc) is 2.61. The first-order chi connectivity index (χ1) is 7.22. The smallest absolute Gasteiger partial charge is 0.0468 e. The molecule has 0 bridgehead atoms. The van der Waals surface area contributed by atoms with Crippen molar-refractivity contribution in [1.29, 1.82) is 0 Å². The molecule has 0 saturated carbocycles. The summed E-state index contributed by atoms with van der Waals surface area (Å²) >= 11 is 1.78. The van der Waals surface area contributed by atoms with Crippen LogP contribution in [0, 0.1) is 0 Å². The number of nitrogens with one attached hydrogen (secondary N) is 1. The maximum absolute atomic E-state index is 5.85. The normalized spacial score (nSPS) is 13.3. The van der Waals surface area contributed by atoms with Crippen LogP contribution in [-0.2, 0) is 6.42 Å². The molecular weight excluding hydrogens is 204 g/mol. The summed E-state index contributed by atoms with van der Waals surface area (Å²) in [7, 11) is 0. The van der Waals surface area contributed by atoms with Gasteiger partial charge in [0.25, 0.3) is 0 Å². The van der Waals surface area contributed by atoms with Gasteiger partial charge in [0.1, 0.15) is 0 Å². The molecule has 3 N–H and O–H groups in total. The number of aromatic amines is 1. The van der Waals surface area contributed by atoms with Crippen LogP contribution >= 0.6 is 11.8 Å². The Morgan fingerprint density at radius 1 is 1.47 bits per heavy atom. The molecular formula is C12H16N2S. The largest absolute Gasteiger partial charge is 0.361 e. The molecule has 0 saturated heterocycles. The number of rotatable bonds is 3. The van der Waals surface area contributed by atoms with Crippen LogP contribution in [0.25, 0.3) is 10.9 Å². The molecule has 1 unspecified atom stereocenters. The molecule has 1 aromatic heterocycles. The summed E-state index contributed by atoms with van der Waals surface area (Å²) in [5.74, 6) is 0. The fraction of sp³-hybridized carbons (Fsp3) is 0.333. The highest BCUT2D eigenvalue weighted by atomic mass is 32.2. The van der Waals surface area contributed by atoms with Crippen LogP contribution in [0.2, 0.25) is 0 Å². The molecule has 0 aliphatic carbocycles. The van der Waals surface area contributed by atoms with Crippen molar-refractivity contribution in [1.82, 2.24) is 4.98 Å². The second kappa shape index (κ2) is 4.29. The van der Waals surface area contributed by atoms with E-state index in [4.69, 9.17) is 5.73 Å². The first kappa shape index (κ1) is 10.6. The summed E-state index contributed by atoms with van der Waals surface area (Å²) in [4.78, 5) is 4.62. The van der Waals surface area contributed by atoms with Gasteiger partial charge in [0.2, 0.25) is 0 Å². The van der Waals surface area contributed by atoms with E-state index in [2.05, 4.69) is 35.6 Å². The van der Waals surface area contributed by atoms with Crippen molar-refractivity contribution in [3.63, 3.8) is 0 Å². The standard InChI is InChI=1S/C12H16N2S/c1-8(13)6-9-7-14-10-4-3-5-11(15-2)12(9)10/h3-5,7-8,14H,6,13H2,1-2H3. The van der Waals surface area contributed by atoms with Crippen molar-refractivity contribution < 1.29 is 0 Å². The summed E-state index contributed by atoms with van der Waals surface area (Å²) in [6.45, 7) is 2.04. The minimum absolute atomic E-state index is 0.207. The summed E-state index contributed by atoms with van der Waals surface area (Å²) in [5, 5.41) is 1.34. The van der Waals surface area contributed by atoms with Crippen LogP contribution in [0.15, 0.2) is 29.3 Å². The van der Waals surface area contributed by atoms with Gasteiger partial charge in [-0.3, -0.25) is 0 Å². The molecule has 3 heteroatoms. The maximum atomic E-state index is 5.85. The predicted octanol–water partition coefficient (Wildman–Crippen LogP) is 2.78. The second-order valence-corrected chi connectivity index (χ2v) is 4.73. The van der Waals surface area contributed by atoms with Gasteiger partial charge in [-0.05, 0) is 37.3 Å². The third-order valence-corrected chi connectivity index (χ3v) is 3.29. The zero-order chi connectivity index (χ0) is 10.8. The van der Waals surface area contributed by atoms with Gasteiger partial charge in [0.05, 0.1) is 0 Å². The lowest BCUT2D eigenvalue weighted by Gasteiger charge is -2.05. The average molecular weight is 220 g/mol. The van der Waals surface area contributed by atoms with Gasteiger partial charge in [0, 0.05) is 28.0 Å². The molecule has 0 radical (unpaired) electrons. The molecule has 2 rings (SSSR count). The van der Waals surface area contributed by atoms with Crippen LogP contribution in [0.1, 0.15) is 12.5 Å². The van der Waals surface area contributed by atoms with Gasteiger partial charge in [-0.15, -0.1) is 11.8 Å². The topological polar surface area (TPSA) is 41.8 Å². The highest BCUT2D eigenvalue weighted by Gasteiger charge is 2.08. The number of hydrogen-bond donors (Lipinski definition) is 2. The molecule has 0 amide bonds. The Bertz CT molecular complexity index is 460. The van der Waals surface area contributed by atoms with Crippen molar-refractivity contribution in [3.8, 4) is 0 Å². The lowest BCUT2D eigenvalue weighted by atomic mass is 10.1. The molecule has 80 valence electrons. The Kier molecular flexibility index (Phi) is 3.03. The molecule has 2 nitrogen and oxygen atoms in total. The van der Waals surface area contributed by atoms with E-state index in [1.54, 1.807) is 11.8 Å². The number of nitrogens with two attached hydrogens (primary N) is 1. The highest BCUT2D eigenvalue weighted by Crippen LogP contribution is 2.29. The Balaban J connectivity index is 2.55. The van der Waals surface area contributed by atoms with Gasteiger partial charge in [-0.25, -0.2) is 0 Å². The zero-order valence-electron chi connectivity index (χ0n) is 9.08. The van der Waals surface area contributed by atoms with E-state index < -0.39 is 0 Å². The Labute approximate surface area is 94.2 Å². The third kappa shape index (κ3) is 2.03. The van der Waals surface area contributed by atoms with E-state index in [9.17, 15) is 0 Å². The van der Waals surface area contributed by atoms with E-state index in [1.165, 1.54) is 21.4 Å².